The highest BCUT2D eigenvalue weighted by Crippen LogP contribution is 2.28. The molecular weight excluding hydrogens is 344 g/mol. The van der Waals surface area contributed by atoms with Crippen molar-refractivity contribution in [2.45, 2.75) is 11.8 Å². The molecule has 0 radical (unpaired) electrons. The maximum absolute atomic E-state index is 12.1. The van der Waals surface area contributed by atoms with Gasteiger partial charge in [-0.2, -0.15) is 0 Å². The maximum Gasteiger partial charge on any atom is 0.367 e. The number of aromatic nitrogens is 1. The Morgan fingerprint density at radius 2 is 2.23 bits per heavy atom. The lowest BCUT2D eigenvalue weighted by molar-refractivity contribution is 0.0526. The van der Waals surface area contributed by atoms with Gasteiger partial charge in [0.1, 0.15) is 4.88 Å². The minimum absolute atomic E-state index is 0.155. The molecule has 116 valence electrons. The number of ether oxygens (including phenoxy) is 1. The average molecular weight is 357 g/mol. The van der Waals surface area contributed by atoms with Gasteiger partial charge in [0.05, 0.1) is 17.8 Å². The van der Waals surface area contributed by atoms with E-state index in [9.17, 15) is 9.59 Å². The highest BCUT2D eigenvalue weighted by atomic mass is 35.5. The Balaban J connectivity index is 2.09. The van der Waals surface area contributed by atoms with Gasteiger partial charge in [0.2, 0.25) is 5.01 Å². The topological polar surface area (TPSA) is 68.3 Å². The van der Waals surface area contributed by atoms with Crippen molar-refractivity contribution in [3.05, 3.63) is 39.3 Å². The third kappa shape index (κ3) is 4.00. The number of benzene rings is 1. The number of hydrogen-bond acceptors (Lipinski definition) is 6. The first-order valence-corrected chi connectivity index (χ1v) is 8.75. The Bertz CT molecular complexity index is 703. The molecular formula is C14H13ClN2O3S2. The SMILES string of the molecule is CCOC(=O)c1ncc(C(=O)Nc2ccc(SC)c(Cl)c2)s1. The number of carbonyl (C=O) groups is 2. The standard InChI is InChI=1S/C14H13ClN2O3S2/c1-3-20-14(19)13-16-7-11(22-13)12(18)17-8-4-5-10(21-2)9(15)6-8/h4-7H,3H2,1-2H3,(H,17,18). The van der Waals surface area contributed by atoms with Crippen LogP contribution in [0.15, 0.2) is 29.3 Å². The fraction of sp³-hybridized carbons (Fsp3) is 0.214. The Morgan fingerprint density at radius 3 is 2.86 bits per heavy atom. The molecule has 0 unspecified atom stereocenters. The van der Waals surface area contributed by atoms with Crippen molar-refractivity contribution in [2.24, 2.45) is 0 Å². The number of esters is 1. The largest absolute Gasteiger partial charge is 0.461 e. The van der Waals surface area contributed by atoms with Crippen LogP contribution in [0.4, 0.5) is 5.69 Å². The van der Waals surface area contributed by atoms with Crippen molar-refractivity contribution >= 4 is 52.3 Å². The summed E-state index contributed by atoms with van der Waals surface area (Å²) < 4.78 is 4.84. The summed E-state index contributed by atoms with van der Waals surface area (Å²) in [5.41, 5.74) is 0.582. The number of rotatable bonds is 5. The number of thiazole rings is 1. The number of amides is 1. The van der Waals surface area contributed by atoms with Crippen LogP contribution in [0, 0.1) is 0 Å². The highest BCUT2D eigenvalue weighted by molar-refractivity contribution is 7.98. The summed E-state index contributed by atoms with van der Waals surface area (Å²) in [6.07, 6.45) is 3.28. The molecule has 0 aliphatic carbocycles. The van der Waals surface area contributed by atoms with E-state index >= 15 is 0 Å². The summed E-state index contributed by atoms with van der Waals surface area (Å²) in [5, 5.41) is 3.45. The Morgan fingerprint density at radius 1 is 1.45 bits per heavy atom. The first-order chi connectivity index (χ1) is 10.5. The zero-order valence-electron chi connectivity index (χ0n) is 11.9. The number of anilines is 1. The molecule has 1 heterocycles. The Hall–Kier alpha value is -1.57. The molecule has 1 amide bonds. The Labute approximate surface area is 141 Å². The monoisotopic (exact) mass is 356 g/mol. The van der Waals surface area contributed by atoms with Crippen molar-refractivity contribution in [2.75, 3.05) is 18.2 Å². The quantitative estimate of drug-likeness (QED) is 0.649. The van der Waals surface area contributed by atoms with E-state index < -0.39 is 5.97 Å². The number of hydrogen-bond donors (Lipinski definition) is 1. The molecule has 8 heteroatoms. The van der Waals surface area contributed by atoms with Crippen LogP contribution in [0.25, 0.3) is 0 Å². The van der Waals surface area contributed by atoms with Crippen LogP contribution in [-0.2, 0) is 4.74 Å². The molecule has 2 aromatic rings. The summed E-state index contributed by atoms with van der Waals surface area (Å²) in [7, 11) is 0. The van der Waals surface area contributed by atoms with E-state index in [0.717, 1.165) is 16.2 Å². The lowest BCUT2D eigenvalue weighted by Gasteiger charge is -2.06. The normalized spacial score (nSPS) is 10.3. The molecule has 0 aliphatic rings. The van der Waals surface area contributed by atoms with Crippen LogP contribution in [0.5, 0.6) is 0 Å². The van der Waals surface area contributed by atoms with Crippen LogP contribution in [0.1, 0.15) is 26.4 Å². The van der Waals surface area contributed by atoms with Crippen LogP contribution in [0.2, 0.25) is 5.02 Å². The van der Waals surface area contributed by atoms with Gasteiger partial charge in [-0.05, 0) is 31.4 Å². The fourth-order valence-electron chi connectivity index (χ4n) is 1.60. The predicted octanol–water partition coefficient (Wildman–Crippen LogP) is 3.95. The van der Waals surface area contributed by atoms with Gasteiger partial charge in [0.15, 0.2) is 0 Å². The van der Waals surface area contributed by atoms with Gasteiger partial charge in [-0.3, -0.25) is 4.79 Å². The van der Waals surface area contributed by atoms with E-state index in [4.69, 9.17) is 16.3 Å². The van der Waals surface area contributed by atoms with Crippen molar-refractivity contribution in [1.82, 2.24) is 4.98 Å². The maximum atomic E-state index is 12.1. The number of nitrogens with zero attached hydrogens (tertiary/aromatic N) is 1. The number of nitrogens with one attached hydrogen (secondary N) is 1. The van der Waals surface area contributed by atoms with Gasteiger partial charge in [-0.15, -0.1) is 23.1 Å². The van der Waals surface area contributed by atoms with Crippen LogP contribution < -0.4 is 5.32 Å². The fourth-order valence-corrected chi connectivity index (χ4v) is 3.18. The van der Waals surface area contributed by atoms with Gasteiger partial charge < -0.3 is 10.1 Å². The Kier molecular flexibility index (Phi) is 5.82. The molecule has 2 rings (SSSR count). The molecule has 0 aliphatic heterocycles. The number of thioether (sulfide) groups is 1. The predicted molar refractivity (Wildman–Crippen MR) is 89.3 cm³/mol. The third-order valence-electron chi connectivity index (χ3n) is 2.59. The van der Waals surface area contributed by atoms with E-state index in [-0.39, 0.29) is 17.5 Å². The zero-order chi connectivity index (χ0) is 16.1. The van der Waals surface area contributed by atoms with E-state index in [2.05, 4.69) is 10.3 Å². The molecule has 0 spiro atoms. The second-order valence-corrected chi connectivity index (χ2v) is 6.34. The van der Waals surface area contributed by atoms with Gasteiger partial charge >= 0.3 is 5.97 Å². The van der Waals surface area contributed by atoms with E-state index in [0.29, 0.717) is 15.6 Å². The molecule has 1 aromatic heterocycles. The minimum atomic E-state index is -0.529. The van der Waals surface area contributed by atoms with Crippen LogP contribution in [-0.4, -0.2) is 29.7 Å². The average Bonchev–Trinajstić information content (AvgIpc) is 2.98. The van der Waals surface area contributed by atoms with Crippen molar-refractivity contribution in [3.63, 3.8) is 0 Å². The molecule has 0 saturated carbocycles. The molecule has 5 nitrogen and oxygen atoms in total. The van der Waals surface area contributed by atoms with E-state index in [1.54, 1.807) is 19.1 Å². The van der Waals surface area contributed by atoms with Crippen molar-refractivity contribution < 1.29 is 14.3 Å². The van der Waals surface area contributed by atoms with E-state index in [1.807, 2.05) is 12.3 Å². The van der Waals surface area contributed by atoms with Gasteiger partial charge in [0.25, 0.3) is 5.91 Å². The first-order valence-electron chi connectivity index (χ1n) is 6.33. The molecule has 1 aromatic carbocycles. The second-order valence-electron chi connectivity index (χ2n) is 4.05. The third-order valence-corrected chi connectivity index (χ3v) is 4.79. The molecule has 0 atom stereocenters. The van der Waals surface area contributed by atoms with Gasteiger partial charge in [-0.1, -0.05) is 11.6 Å². The smallest absolute Gasteiger partial charge is 0.367 e. The second kappa shape index (κ2) is 7.62. The summed E-state index contributed by atoms with van der Waals surface area (Å²) in [6.45, 7) is 1.97. The minimum Gasteiger partial charge on any atom is -0.461 e. The zero-order valence-corrected chi connectivity index (χ0v) is 14.3. The summed E-state index contributed by atoms with van der Waals surface area (Å²) in [6, 6.07) is 5.28. The van der Waals surface area contributed by atoms with Gasteiger partial charge in [-0.25, -0.2) is 9.78 Å². The number of halogens is 1. The van der Waals surface area contributed by atoms with E-state index in [1.165, 1.54) is 18.0 Å². The van der Waals surface area contributed by atoms with Crippen molar-refractivity contribution in [3.8, 4) is 0 Å². The molecule has 0 bridgehead atoms. The highest BCUT2D eigenvalue weighted by Gasteiger charge is 2.16. The lowest BCUT2D eigenvalue weighted by Crippen LogP contribution is -2.10. The molecule has 1 N–H and O–H groups in total. The summed E-state index contributed by atoms with van der Waals surface area (Å²) in [4.78, 5) is 28.8. The number of carbonyl (C=O) groups excluding carboxylic acids is 2. The van der Waals surface area contributed by atoms with Crippen LogP contribution >= 0.6 is 34.7 Å². The first kappa shape index (κ1) is 16.8. The molecule has 0 saturated heterocycles. The molecule has 22 heavy (non-hydrogen) atoms. The molecule has 0 fully saturated rings. The summed E-state index contributed by atoms with van der Waals surface area (Å²) >= 11 is 8.61. The van der Waals surface area contributed by atoms with Gasteiger partial charge in [0, 0.05) is 10.6 Å². The summed E-state index contributed by atoms with van der Waals surface area (Å²) in [5.74, 6) is -0.875. The lowest BCUT2D eigenvalue weighted by atomic mass is 10.3. The van der Waals surface area contributed by atoms with Crippen LogP contribution in [0.3, 0.4) is 0 Å². The van der Waals surface area contributed by atoms with Crippen molar-refractivity contribution in [1.29, 1.82) is 0 Å².